The summed E-state index contributed by atoms with van der Waals surface area (Å²) < 4.78 is 0. The Bertz CT molecular complexity index is 661. The topological polar surface area (TPSA) is 81.2 Å². The van der Waals surface area contributed by atoms with Crippen LogP contribution in [-0.4, -0.2) is 38.8 Å². The van der Waals surface area contributed by atoms with Gasteiger partial charge >= 0.3 is 6.03 Å². The number of H-pyrrole nitrogens is 1. The Morgan fingerprint density at radius 3 is 3.16 bits per heavy atom. The second-order valence-electron chi connectivity index (χ2n) is 4.35. The number of hydrogen-bond donors (Lipinski definition) is 3. The maximum absolute atomic E-state index is 11.6. The third-order valence-electron chi connectivity index (χ3n) is 3.25. The van der Waals surface area contributed by atoms with Crippen LogP contribution in [0, 0.1) is 0 Å². The minimum absolute atomic E-state index is 0.275. The number of carbonyl (C=O) groups excluding carboxylic acids is 1. The standard InChI is InChI=1S/C13H14N4O2/c1-2-17-12(18)10(16-13(17)19)5-8-6-15-11-7-14-4-3-9(8)11/h3-7,12,15,18H,2H2,1H3,(H,16,19)/b10-5-. The zero-order valence-corrected chi connectivity index (χ0v) is 10.4. The Kier molecular flexibility index (Phi) is 2.72. The molecule has 1 atom stereocenters. The molecular formula is C13H14N4O2. The van der Waals surface area contributed by atoms with Crippen LogP contribution < -0.4 is 5.32 Å². The molecule has 0 saturated carbocycles. The normalized spacial score (nSPS) is 21.4. The lowest BCUT2D eigenvalue weighted by atomic mass is 10.2. The first-order chi connectivity index (χ1) is 9.20. The van der Waals surface area contributed by atoms with E-state index in [4.69, 9.17) is 0 Å². The highest BCUT2D eigenvalue weighted by atomic mass is 16.3. The summed E-state index contributed by atoms with van der Waals surface area (Å²) in [6.07, 6.45) is 6.13. The van der Waals surface area contributed by atoms with Gasteiger partial charge in [-0.3, -0.25) is 9.88 Å². The molecule has 1 saturated heterocycles. The Morgan fingerprint density at radius 1 is 1.58 bits per heavy atom. The maximum atomic E-state index is 11.6. The molecule has 2 aromatic heterocycles. The lowest BCUT2D eigenvalue weighted by Gasteiger charge is -2.15. The highest BCUT2D eigenvalue weighted by Crippen LogP contribution is 2.22. The van der Waals surface area contributed by atoms with Crippen LogP contribution in [0.15, 0.2) is 30.4 Å². The van der Waals surface area contributed by atoms with Crippen LogP contribution in [0.3, 0.4) is 0 Å². The summed E-state index contributed by atoms with van der Waals surface area (Å²) in [6.45, 7) is 2.28. The zero-order chi connectivity index (χ0) is 13.4. The minimum atomic E-state index is -0.913. The molecule has 0 spiro atoms. The van der Waals surface area contributed by atoms with E-state index < -0.39 is 6.23 Å². The number of carbonyl (C=O) groups is 1. The van der Waals surface area contributed by atoms with E-state index in [1.165, 1.54) is 4.90 Å². The van der Waals surface area contributed by atoms with Crippen molar-refractivity contribution in [3.8, 4) is 0 Å². The highest BCUT2D eigenvalue weighted by molar-refractivity contribution is 5.90. The van der Waals surface area contributed by atoms with Crippen molar-refractivity contribution >= 4 is 23.0 Å². The SMILES string of the molecule is CCN1C(=O)N/C(=C\c2c[nH]c3cnccc23)C1O. The molecule has 19 heavy (non-hydrogen) atoms. The lowest BCUT2D eigenvalue weighted by molar-refractivity contribution is 0.0851. The first kappa shape index (κ1) is 11.7. The maximum Gasteiger partial charge on any atom is 0.324 e. The minimum Gasteiger partial charge on any atom is -0.368 e. The number of urea groups is 1. The van der Waals surface area contributed by atoms with Gasteiger partial charge in [0.05, 0.1) is 17.4 Å². The molecule has 6 nitrogen and oxygen atoms in total. The molecule has 0 aromatic carbocycles. The predicted octanol–water partition coefficient (Wildman–Crippen LogP) is 1.27. The molecule has 0 bridgehead atoms. The largest absolute Gasteiger partial charge is 0.368 e. The molecular weight excluding hydrogens is 244 g/mol. The summed E-state index contributed by atoms with van der Waals surface area (Å²) in [6, 6.07) is 1.61. The molecule has 2 aromatic rings. The number of aliphatic hydroxyl groups excluding tert-OH is 1. The smallest absolute Gasteiger partial charge is 0.324 e. The molecule has 6 heteroatoms. The molecule has 1 unspecified atom stereocenters. The van der Waals surface area contributed by atoms with Gasteiger partial charge in [0.2, 0.25) is 0 Å². The summed E-state index contributed by atoms with van der Waals surface area (Å²) in [5.41, 5.74) is 2.31. The van der Waals surface area contributed by atoms with E-state index in [2.05, 4.69) is 15.3 Å². The number of pyridine rings is 1. The number of aromatic nitrogens is 2. The van der Waals surface area contributed by atoms with Crippen molar-refractivity contribution in [1.82, 2.24) is 20.2 Å². The van der Waals surface area contributed by atoms with Crippen LogP contribution >= 0.6 is 0 Å². The van der Waals surface area contributed by atoms with Crippen molar-refractivity contribution in [3.05, 3.63) is 35.9 Å². The number of amides is 2. The van der Waals surface area contributed by atoms with Crippen LogP contribution in [-0.2, 0) is 0 Å². The molecule has 0 radical (unpaired) electrons. The number of aromatic amines is 1. The summed E-state index contributed by atoms with van der Waals surface area (Å²) in [4.78, 5) is 20.1. The number of likely N-dealkylation sites (N-methyl/N-ethyl adjacent to an activating group) is 1. The molecule has 3 N–H and O–H groups in total. The van der Waals surface area contributed by atoms with Gasteiger partial charge in [-0.25, -0.2) is 4.79 Å². The first-order valence-electron chi connectivity index (χ1n) is 6.09. The van der Waals surface area contributed by atoms with E-state index in [0.717, 1.165) is 16.5 Å². The van der Waals surface area contributed by atoms with Crippen LogP contribution in [0.25, 0.3) is 17.0 Å². The van der Waals surface area contributed by atoms with E-state index in [1.807, 2.05) is 19.2 Å². The second-order valence-corrected chi connectivity index (χ2v) is 4.35. The van der Waals surface area contributed by atoms with Gasteiger partial charge in [0.1, 0.15) is 0 Å². The molecule has 3 rings (SSSR count). The second kappa shape index (κ2) is 4.40. The number of aliphatic hydroxyl groups is 1. The molecule has 98 valence electrons. The van der Waals surface area contributed by atoms with Crippen molar-refractivity contribution in [2.45, 2.75) is 13.2 Å². The van der Waals surface area contributed by atoms with Crippen LogP contribution in [0.5, 0.6) is 0 Å². The molecule has 3 heterocycles. The summed E-state index contributed by atoms with van der Waals surface area (Å²) >= 11 is 0. The first-order valence-corrected chi connectivity index (χ1v) is 6.09. The Balaban J connectivity index is 2.00. The third kappa shape index (κ3) is 1.86. The van der Waals surface area contributed by atoms with Crippen LogP contribution in [0.1, 0.15) is 12.5 Å². The lowest BCUT2D eigenvalue weighted by Crippen LogP contribution is -2.33. The fourth-order valence-electron chi connectivity index (χ4n) is 2.25. The van der Waals surface area contributed by atoms with Gasteiger partial charge in [-0.05, 0) is 19.1 Å². The highest BCUT2D eigenvalue weighted by Gasteiger charge is 2.32. The Hall–Kier alpha value is -2.34. The van der Waals surface area contributed by atoms with Crippen LogP contribution in [0.2, 0.25) is 0 Å². The van der Waals surface area contributed by atoms with Gasteiger partial charge in [-0.1, -0.05) is 0 Å². The van der Waals surface area contributed by atoms with Gasteiger partial charge in [0.15, 0.2) is 6.23 Å². The molecule has 1 fully saturated rings. The van der Waals surface area contributed by atoms with E-state index in [1.54, 1.807) is 18.5 Å². The zero-order valence-electron chi connectivity index (χ0n) is 10.4. The predicted molar refractivity (Wildman–Crippen MR) is 71.0 cm³/mol. The Morgan fingerprint density at radius 2 is 2.42 bits per heavy atom. The molecule has 1 aliphatic heterocycles. The van der Waals surface area contributed by atoms with E-state index in [-0.39, 0.29) is 6.03 Å². The van der Waals surface area contributed by atoms with E-state index in [0.29, 0.717) is 12.2 Å². The fraction of sp³-hybridized carbons (Fsp3) is 0.231. The van der Waals surface area contributed by atoms with Gasteiger partial charge in [0, 0.05) is 29.9 Å². The van der Waals surface area contributed by atoms with Crippen molar-refractivity contribution in [2.75, 3.05) is 6.54 Å². The molecule has 2 amide bonds. The van der Waals surface area contributed by atoms with Crippen molar-refractivity contribution in [1.29, 1.82) is 0 Å². The number of nitrogens with one attached hydrogen (secondary N) is 2. The quantitative estimate of drug-likeness (QED) is 0.758. The number of nitrogens with zero attached hydrogens (tertiary/aromatic N) is 2. The van der Waals surface area contributed by atoms with Gasteiger partial charge in [-0.15, -0.1) is 0 Å². The van der Waals surface area contributed by atoms with Gasteiger partial charge < -0.3 is 15.4 Å². The summed E-state index contributed by atoms with van der Waals surface area (Å²) in [7, 11) is 0. The Labute approximate surface area is 109 Å². The number of fused-ring (bicyclic) bond motifs is 1. The van der Waals surface area contributed by atoms with Gasteiger partial charge in [0.25, 0.3) is 0 Å². The number of hydrogen-bond acceptors (Lipinski definition) is 3. The van der Waals surface area contributed by atoms with E-state index in [9.17, 15) is 9.90 Å². The average Bonchev–Trinajstić information content (AvgIpc) is 2.93. The van der Waals surface area contributed by atoms with Crippen LogP contribution in [0.4, 0.5) is 4.79 Å². The molecule has 1 aliphatic rings. The summed E-state index contributed by atoms with van der Waals surface area (Å²) in [5.74, 6) is 0. The third-order valence-corrected chi connectivity index (χ3v) is 3.25. The van der Waals surface area contributed by atoms with Crippen molar-refractivity contribution < 1.29 is 9.90 Å². The average molecular weight is 258 g/mol. The summed E-state index contributed by atoms with van der Waals surface area (Å²) in [5, 5.41) is 13.7. The number of rotatable bonds is 2. The van der Waals surface area contributed by atoms with Crippen molar-refractivity contribution in [2.24, 2.45) is 0 Å². The fourth-order valence-corrected chi connectivity index (χ4v) is 2.25. The van der Waals surface area contributed by atoms with E-state index >= 15 is 0 Å². The van der Waals surface area contributed by atoms with Gasteiger partial charge in [-0.2, -0.15) is 0 Å². The molecule has 0 aliphatic carbocycles. The van der Waals surface area contributed by atoms with Crippen molar-refractivity contribution in [3.63, 3.8) is 0 Å². The monoisotopic (exact) mass is 258 g/mol.